The van der Waals surface area contributed by atoms with Gasteiger partial charge in [-0.15, -0.1) is 11.8 Å². The van der Waals surface area contributed by atoms with Gasteiger partial charge in [-0.25, -0.2) is 0 Å². The summed E-state index contributed by atoms with van der Waals surface area (Å²) in [7, 11) is 0. The van der Waals surface area contributed by atoms with Gasteiger partial charge in [0.15, 0.2) is 0 Å². The maximum absolute atomic E-state index is 10.9. The maximum Gasteiger partial charge on any atom is 0.316 e. The number of hydrogen-bond donors (Lipinski definition) is 2. The van der Waals surface area contributed by atoms with Gasteiger partial charge in [-0.05, 0) is 31.0 Å². The third kappa shape index (κ3) is 3.54. The van der Waals surface area contributed by atoms with Crippen LogP contribution >= 0.6 is 11.8 Å². The van der Waals surface area contributed by atoms with Crippen molar-refractivity contribution in [2.45, 2.75) is 36.5 Å². The van der Waals surface area contributed by atoms with Crippen molar-refractivity contribution in [3.63, 3.8) is 0 Å². The van der Waals surface area contributed by atoms with E-state index in [2.05, 4.69) is 0 Å². The molecule has 0 spiro atoms. The molecule has 0 fully saturated rings. The van der Waals surface area contributed by atoms with Crippen LogP contribution in [-0.4, -0.2) is 16.3 Å². The fraction of sp³-hybridized carbons (Fsp3) is 0.417. The Morgan fingerprint density at radius 2 is 2.25 bits per heavy atom. The van der Waals surface area contributed by atoms with E-state index in [-0.39, 0.29) is 11.3 Å². The molecular formula is C12H17NO2S. The average Bonchev–Trinajstić information content (AvgIpc) is 2.25. The van der Waals surface area contributed by atoms with Crippen molar-refractivity contribution in [2.24, 2.45) is 5.73 Å². The minimum atomic E-state index is -0.765. The number of benzene rings is 1. The first-order chi connectivity index (χ1) is 7.54. The average molecular weight is 239 g/mol. The molecule has 0 radical (unpaired) electrons. The number of carboxylic acids is 1. The minimum absolute atomic E-state index is 0.0227. The van der Waals surface area contributed by atoms with Gasteiger partial charge in [0.2, 0.25) is 0 Å². The van der Waals surface area contributed by atoms with Crippen molar-refractivity contribution in [2.75, 3.05) is 0 Å². The SMILES string of the molecule is CCC(Sc1cccc(C(C)N)c1)C(=O)O. The van der Waals surface area contributed by atoms with Gasteiger partial charge in [0.25, 0.3) is 0 Å². The van der Waals surface area contributed by atoms with E-state index < -0.39 is 5.97 Å². The van der Waals surface area contributed by atoms with E-state index in [4.69, 9.17) is 10.8 Å². The number of nitrogens with two attached hydrogens (primary N) is 1. The van der Waals surface area contributed by atoms with Gasteiger partial charge in [0, 0.05) is 10.9 Å². The van der Waals surface area contributed by atoms with Crippen LogP contribution < -0.4 is 5.73 Å². The summed E-state index contributed by atoms with van der Waals surface area (Å²) in [6.07, 6.45) is 0.613. The summed E-state index contributed by atoms with van der Waals surface area (Å²) in [4.78, 5) is 11.9. The third-order valence-electron chi connectivity index (χ3n) is 2.31. The van der Waals surface area contributed by atoms with Gasteiger partial charge in [-0.3, -0.25) is 4.79 Å². The molecule has 0 aliphatic heterocycles. The lowest BCUT2D eigenvalue weighted by atomic mass is 10.1. The number of hydrogen-bond acceptors (Lipinski definition) is 3. The molecular weight excluding hydrogens is 222 g/mol. The van der Waals surface area contributed by atoms with Crippen molar-refractivity contribution in [1.82, 2.24) is 0 Å². The summed E-state index contributed by atoms with van der Waals surface area (Å²) in [5.41, 5.74) is 6.81. The molecule has 88 valence electrons. The zero-order valence-corrected chi connectivity index (χ0v) is 10.3. The second-order valence-corrected chi connectivity index (χ2v) is 4.99. The molecule has 1 rings (SSSR count). The van der Waals surface area contributed by atoms with Crippen LogP contribution in [-0.2, 0) is 4.79 Å². The van der Waals surface area contributed by atoms with Crippen LogP contribution in [0, 0.1) is 0 Å². The third-order valence-corrected chi connectivity index (χ3v) is 3.65. The summed E-state index contributed by atoms with van der Waals surface area (Å²) in [6, 6.07) is 7.72. The molecule has 2 unspecified atom stereocenters. The van der Waals surface area contributed by atoms with E-state index in [0.717, 1.165) is 10.5 Å². The molecule has 0 heterocycles. The smallest absolute Gasteiger partial charge is 0.316 e. The van der Waals surface area contributed by atoms with Crippen LogP contribution in [0.2, 0.25) is 0 Å². The quantitative estimate of drug-likeness (QED) is 0.775. The van der Waals surface area contributed by atoms with Gasteiger partial charge in [-0.1, -0.05) is 19.1 Å². The first-order valence-corrected chi connectivity index (χ1v) is 6.17. The lowest BCUT2D eigenvalue weighted by Crippen LogP contribution is -2.14. The van der Waals surface area contributed by atoms with Gasteiger partial charge >= 0.3 is 5.97 Å². The Morgan fingerprint density at radius 3 is 2.75 bits per heavy atom. The largest absolute Gasteiger partial charge is 0.480 e. The van der Waals surface area contributed by atoms with Crippen molar-refractivity contribution in [1.29, 1.82) is 0 Å². The van der Waals surface area contributed by atoms with E-state index in [9.17, 15) is 4.79 Å². The number of carboxylic acid groups (broad SMARTS) is 1. The second kappa shape index (κ2) is 5.92. The first-order valence-electron chi connectivity index (χ1n) is 5.29. The highest BCUT2D eigenvalue weighted by atomic mass is 32.2. The molecule has 0 aliphatic rings. The van der Waals surface area contributed by atoms with Crippen LogP contribution in [0.3, 0.4) is 0 Å². The Bertz CT molecular complexity index is 366. The Kier molecular flexibility index (Phi) is 4.83. The van der Waals surface area contributed by atoms with E-state index in [1.807, 2.05) is 38.1 Å². The fourth-order valence-corrected chi connectivity index (χ4v) is 2.30. The summed E-state index contributed by atoms with van der Waals surface area (Å²) < 4.78 is 0. The van der Waals surface area contributed by atoms with Crippen LogP contribution in [0.15, 0.2) is 29.2 Å². The van der Waals surface area contributed by atoms with Crippen LogP contribution in [0.4, 0.5) is 0 Å². The van der Waals surface area contributed by atoms with Crippen molar-refractivity contribution in [3.8, 4) is 0 Å². The van der Waals surface area contributed by atoms with Gasteiger partial charge in [0.05, 0.1) is 0 Å². The molecule has 1 aromatic rings. The predicted octanol–water partition coefficient (Wildman–Crippen LogP) is 2.66. The molecule has 1 aromatic carbocycles. The molecule has 0 aliphatic carbocycles. The molecule has 2 atom stereocenters. The molecule has 16 heavy (non-hydrogen) atoms. The summed E-state index contributed by atoms with van der Waals surface area (Å²) in [6.45, 7) is 3.79. The Labute approximate surface area is 100 Å². The Morgan fingerprint density at radius 1 is 1.56 bits per heavy atom. The zero-order chi connectivity index (χ0) is 12.1. The van der Waals surface area contributed by atoms with Crippen molar-refractivity contribution in [3.05, 3.63) is 29.8 Å². The fourth-order valence-electron chi connectivity index (χ4n) is 1.34. The highest BCUT2D eigenvalue weighted by molar-refractivity contribution is 8.00. The molecule has 0 bridgehead atoms. The standard InChI is InChI=1S/C12H17NO2S/c1-3-11(12(14)15)16-10-6-4-5-9(7-10)8(2)13/h4-8,11H,3,13H2,1-2H3,(H,14,15). The van der Waals surface area contributed by atoms with Crippen molar-refractivity contribution < 1.29 is 9.90 Å². The van der Waals surface area contributed by atoms with E-state index in [0.29, 0.717) is 6.42 Å². The topological polar surface area (TPSA) is 63.3 Å². The predicted molar refractivity (Wildman–Crippen MR) is 66.6 cm³/mol. The van der Waals surface area contributed by atoms with E-state index in [1.165, 1.54) is 11.8 Å². The summed E-state index contributed by atoms with van der Waals surface area (Å²) in [5.74, 6) is -0.765. The molecule has 0 saturated heterocycles. The molecule has 0 amide bonds. The lowest BCUT2D eigenvalue weighted by Gasteiger charge is -2.11. The maximum atomic E-state index is 10.9. The normalized spacial score (nSPS) is 14.4. The molecule has 3 N–H and O–H groups in total. The first kappa shape index (κ1) is 13.1. The Hall–Kier alpha value is -1.00. The van der Waals surface area contributed by atoms with E-state index in [1.54, 1.807) is 0 Å². The van der Waals surface area contributed by atoms with Crippen molar-refractivity contribution >= 4 is 17.7 Å². The highest BCUT2D eigenvalue weighted by Crippen LogP contribution is 2.27. The monoisotopic (exact) mass is 239 g/mol. The highest BCUT2D eigenvalue weighted by Gasteiger charge is 2.16. The summed E-state index contributed by atoms with van der Waals surface area (Å²) >= 11 is 1.37. The number of thioether (sulfide) groups is 1. The molecule has 0 aromatic heterocycles. The minimum Gasteiger partial charge on any atom is -0.480 e. The second-order valence-electron chi connectivity index (χ2n) is 3.71. The van der Waals surface area contributed by atoms with Crippen LogP contribution in [0.5, 0.6) is 0 Å². The van der Waals surface area contributed by atoms with Gasteiger partial charge in [-0.2, -0.15) is 0 Å². The number of aliphatic carboxylic acids is 1. The van der Waals surface area contributed by atoms with Crippen LogP contribution in [0.1, 0.15) is 31.9 Å². The Balaban J connectivity index is 2.80. The van der Waals surface area contributed by atoms with Crippen LogP contribution in [0.25, 0.3) is 0 Å². The zero-order valence-electron chi connectivity index (χ0n) is 9.51. The van der Waals surface area contributed by atoms with E-state index >= 15 is 0 Å². The molecule has 4 heteroatoms. The number of carbonyl (C=O) groups is 1. The molecule has 0 saturated carbocycles. The summed E-state index contributed by atoms with van der Waals surface area (Å²) in [5, 5.41) is 8.58. The number of rotatable bonds is 5. The van der Waals surface area contributed by atoms with Gasteiger partial charge < -0.3 is 10.8 Å². The lowest BCUT2D eigenvalue weighted by molar-refractivity contribution is -0.136. The molecule has 3 nitrogen and oxygen atoms in total. The van der Waals surface area contributed by atoms with Gasteiger partial charge in [0.1, 0.15) is 5.25 Å².